The third kappa shape index (κ3) is 3.39. The highest BCUT2D eigenvalue weighted by Gasteiger charge is 2.52. The van der Waals surface area contributed by atoms with Crippen LogP contribution in [0.25, 0.3) is 0 Å². The number of benzene rings is 1. The molecular weight excluding hydrogens is 290 g/mol. The molecule has 2 amide bonds. The number of amides is 2. The molecule has 2 fully saturated rings. The van der Waals surface area contributed by atoms with Crippen LogP contribution in [0.4, 0.5) is 0 Å². The van der Waals surface area contributed by atoms with E-state index < -0.39 is 0 Å². The predicted octanol–water partition coefficient (Wildman–Crippen LogP) is 1.29. The summed E-state index contributed by atoms with van der Waals surface area (Å²) >= 11 is 0. The topological polar surface area (TPSA) is 61.4 Å². The smallest absolute Gasteiger partial charge is 0.242 e. The van der Waals surface area contributed by atoms with Gasteiger partial charge in [-0.2, -0.15) is 0 Å². The Hall–Kier alpha value is -1.88. The number of hydrogen-bond acceptors (Lipinski definition) is 3. The minimum Gasteiger partial charge on any atom is -0.354 e. The maximum absolute atomic E-state index is 12.5. The van der Waals surface area contributed by atoms with Crippen molar-refractivity contribution < 1.29 is 9.59 Å². The molecular formula is C18H25N3O2. The Kier molecular flexibility index (Phi) is 4.66. The fourth-order valence-corrected chi connectivity index (χ4v) is 3.66. The zero-order valence-electron chi connectivity index (χ0n) is 13.7. The van der Waals surface area contributed by atoms with Crippen LogP contribution in [0.3, 0.4) is 0 Å². The molecule has 2 heterocycles. The molecule has 23 heavy (non-hydrogen) atoms. The van der Waals surface area contributed by atoms with Crippen molar-refractivity contribution in [1.29, 1.82) is 0 Å². The van der Waals surface area contributed by atoms with Crippen LogP contribution < -0.4 is 10.6 Å². The Morgan fingerprint density at radius 3 is 2.91 bits per heavy atom. The zero-order chi connectivity index (χ0) is 16.3. The fraction of sp³-hybridized carbons (Fsp3) is 0.556. The molecule has 2 saturated heterocycles. The first kappa shape index (κ1) is 16.0. The number of nitrogens with zero attached hydrogens (tertiary/aromatic N) is 1. The van der Waals surface area contributed by atoms with Crippen molar-refractivity contribution in [3.63, 3.8) is 0 Å². The highest BCUT2D eigenvalue weighted by atomic mass is 16.2. The van der Waals surface area contributed by atoms with Crippen LogP contribution in [0.15, 0.2) is 30.3 Å². The molecule has 1 spiro atoms. The summed E-state index contributed by atoms with van der Waals surface area (Å²) in [4.78, 5) is 26.9. The van der Waals surface area contributed by atoms with Crippen LogP contribution >= 0.6 is 0 Å². The summed E-state index contributed by atoms with van der Waals surface area (Å²) in [5, 5.41) is 5.79. The van der Waals surface area contributed by atoms with Crippen LogP contribution in [0.1, 0.15) is 31.7 Å². The minimum atomic E-state index is -0.386. The zero-order valence-corrected chi connectivity index (χ0v) is 13.7. The summed E-state index contributed by atoms with van der Waals surface area (Å²) in [6.07, 6.45) is 2.36. The van der Waals surface area contributed by atoms with Gasteiger partial charge in [0.1, 0.15) is 6.04 Å². The second-order valence-electron chi connectivity index (χ2n) is 6.75. The van der Waals surface area contributed by atoms with Crippen molar-refractivity contribution >= 4 is 11.8 Å². The van der Waals surface area contributed by atoms with Crippen molar-refractivity contribution in [3.05, 3.63) is 35.9 Å². The Bertz CT molecular complexity index is 575. The Balaban J connectivity index is 1.60. The fourth-order valence-electron chi connectivity index (χ4n) is 3.66. The number of likely N-dealkylation sites (tertiary alicyclic amines) is 1. The van der Waals surface area contributed by atoms with Gasteiger partial charge < -0.3 is 10.6 Å². The van der Waals surface area contributed by atoms with Gasteiger partial charge in [0.25, 0.3) is 0 Å². The van der Waals surface area contributed by atoms with E-state index in [9.17, 15) is 9.59 Å². The largest absolute Gasteiger partial charge is 0.354 e. The highest BCUT2D eigenvalue weighted by Crippen LogP contribution is 2.39. The Morgan fingerprint density at radius 1 is 1.39 bits per heavy atom. The summed E-state index contributed by atoms with van der Waals surface area (Å²) in [6.45, 7) is 5.20. The first-order chi connectivity index (χ1) is 11.1. The van der Waals surface area contributed by atoms with E-state index in [0.29, 0.717) is 13.0 Å². The summed E-state index contributed by atoms with van der Waals surface area (Å²) in [5.74, 6) is 0.00305. The average molecular weight is 315 g/mol. The second kappa shape index (κ2) is 6.71. The van der Waals surface area contributed by atoms with E-state index in [1.54, 1.807) is 0 Å². The van der Waals surface area contributed by atoms with Crippen molar-refractivity contribution in [1.82, 2.24) is 15.5 Å². The van der Waals surface area contributed by atoms with Crippen molar-refractivity contribution in [2.24, 2.45) is 5.41 Å². The van der Waals surface area contributed by atoms with Crippen LogP contribution in [0.2, 0.25) is 0 Å². The molecule has 0 radical (unpaired) electrons. The van der Waals surface area contributed by atoms with Gasteiger partial charge >= 0.3 is 0 Å². The van der Waals surface area contributed by atoms with Crippen molar-refractivity contribution in [3.8, 4) is 0 Å². The summed E-state index contributed by atoms with van der Waals surface area (Å²) in [6, 6.07) is 9.95. The van der Waals surface area contributed by atoms with Crippen LogP contribution in [-0.4, -0.2) is 42.4 Å². The first-order valence-corrected chi connectivity index (χ1v) is 8.48. The lowest BCUT2D eigenvalue weighted by molar-refractivity contribution is -0.128. The molecule has 2 aliphatic heterocycles. The average Bonchev–Trinajstić information content (AvgIpc) is 3.11. The van der Waals surface area contributed by atoms with Crippen LogP contribution in [-0.2, 0) is 16.1 Å². The number of carbonyl (C=O) groups excluding carboxylic acids is 2. The third-order valence-electron chi connectivity index (χ3n) is 4.93. The molecule has 5 nitrogen and oxygen atoms in total. The molecule has 2 aliphatic rings. The van der Waals surface area contributed by atoms with E-state index in [1.165, 1.54) is 5.56 Å². The number of nitrogens with one attached hydrogen (secondary N) is 2. The normalized spacial score (nSPS) is 27.3. The predicted molar refractivity (Wildman–Crippen MR) is 88.6 cm³/mol. The molecule has 0 bridgehead atoms. The monoisotopic (exact) mass is 315 g/mol. The number of carbonyl (C=O) groups is 2. The van der Waals surface area contributed by atoms with Gasteiger partial charge in [-0.3, -0.25) is 14.5 Å². The Labute approximate surface area is 137 Å². The first-order valence-electron chi connectivity index (χ1n) is 8.48. The lowest BCUT2D eigenvalue weighted by Gasteiger charge is -2.21. The molecule has 124 valence electrons. The standard InChI is InChI=1S/C18H25N3O2/c1-2-9-19-16(22)15-11-18(17(23)20-15)8-10-21(13-18)12-14-6-4-3-5-7-14/h3-7,15H,2,8-13H2,1H3,(H,19,22)(H,20,23)/t15-,18+/m0/s1. The SMILES string of the molecule is CCCNC(=O)[C@@H]1C[C@@]2(CCN(Cc3ccccc3)C2)C(=O)N1. The van der Waals surface area contributed by atoms with Gasteiger partial charge in [-0.05, 0) is 31.4 Å². The second-order valence-corrected chi connectivity index (χ2v) is 6.75. The lowest BCUT2D eigenvalue weighted by Crippen LogP contribution is -2.41. The molecule has 2 atom stereocenters. The van der Waals surface area contributed by atoms with Gasteiger partial charge in [0.2, 0.25) is 11.8 Å². The maximum Gasteiger partial charge on any atom is 0.242 e. The molecule has 1 aromatic carbocycles. The van der Waals surface area contributed by atoms with Gasteiger partial charge in [0.15, 0.2) is 0 Å². The van der Waals surface area contributed by atoms with Gasteiger partial charge in [-0.15, -0.1) is 0 Å². The van der Waals surface area contributed by atoms with E-state index in [-0.39, 0.29) is 23.3 Å². The molecule has 2 N–H and O–H groups in total. The molecule has 0 aliphatic carbocycles. The quantitative estimate of drug-likeness (QED) is 0.861. The number of hydrogen-bond donors (Lipinski definition) is 2. The Morgan fingerprint density at radius 2 is 2.17 bits per heavy atom. The highest BCUT2D eigenvalue weighted by molar-refractivity contribution is 5.94. The third-order valence-corrected chi connectivity index (χ3v) is 4.93. The molecule has 1 aromatic rings. The maximum atomic E-state index is 12.5. The summed E-state index contributed by atoms with van der Waals surface area (Å²) in [5.41, 5.74) is 0.878. The number of rotatable bonds is 5. The van der Waals surface area contributed by atoms with Gasteiger partial charge in [0, 0.05) is 19.6 Å². The molecule has 5 heteroatoms. The molecule has 0 aromatic heterocycles. The summed E-state index contributed by atoms with van der Waals surface area (Å²) < 4.78 is 0. The van der Waals surface area contributed by atoms with E-state index in [2.05, 4.69) is 27.7 Å². The van der Waals surface area contributed by atoms with Crippen LogP contribution in [0, 0.1) is 5.41 Å². The van der Waals surface area contributed by atoms with E-state index in [1.807, 2.05) is 25.1 Å². The van der Waals surface area contributed by atoms with Gasteiger partial charge in [-0.1, -0.05) is 37.3 Å². The van der Waals surface area contributed by atoms with Gasteiger partial charge in [-0.25, -0.2) is 0 Å². The summed E-state index contributed by atoms with van der Waals surface area (Å²) in [7, 11) is 0. The van der Waals surface area contributed by atoms with Crippen LogP contribution in [0.5, 0.6) is 0 Å². The van der Waals surface area contributed by atoms with E-state index in [4.69, 9.17) is 0 Å². The van der Waals surface area contributed by atoms with Crippen molar-refractivity contribution in [2.45, 2.75) is 38.8 Å². The minimum absolute atomic E-state index is 0.0430. The lowest BCUT2D eigenvalue weighted by atomic mass is 9.84. The van der Waals surface area contributed by atoms with E-state index in [0.717, 1.165) is 32.5 Å². The van der Waals surface area contributed by atoms with Crippen molar-refractivity contribution in [2.75, 3.05) is 19.6 Å². The van der Waals surface area contributed by atoms with E-state index >= 15 is 0 Å². The molecule has 0 unspecified atom stereocenters. The molecule has 3 rings (SSSR count). The molecule has 0 saturated carbocycles. The van der Waals surface area contributed by atoms with Gasteiger partial charge in [0.05, 0.1) is 5.41 Å².